The van der Waals surface area contributed by atoms with Crippen LogP contribution in [0.1, 0.15) is 22.9 Å². The first-order valence-electron chi connectivity index (χ1n) is 6.45. The van der Waals surface area contributed by atoms with Crippen LogP contribution >= 0.6 is 0 Å². The predicted octanol–water partition coefficient (Wildman–Crippen LogP) is 1.44. The van der Waals surface area contributed by atoms with Gasteiger partial charge in [0.15, 0.2) is 0 Å². The summed E-state index contributed by atoms with van der Waals surface area (Å²) in [6.07, 6.45) is 0. The Hall–Kier alpha value is -3.14. The van der Waals surface area contributed by atoms with Crippen molar-refractivity contribution < 1.29 is 9.13 Å². The molecule has 1 aliphatic heterocycles. The number of aromatic nitrogens is 2. The van der Waals surface area contributed by atoms with Crippen LogP contribution in [0.4, 0.5) is 4.39 Å². The highest BCUT2D eigenvalue weighted by molar-refractivity contribution is 5.52. The topological polar surface area (TPSA) is 105 Å². The van der Waals surface area contributed by atoms with E-state index in [-0.39, 0.29) is 22.9 Å². The van der Waals surface area contributed by atoms with Crippen LogP contribution in [-0.2, 0) is 0 Å². The lowest BCUT2D eigenvalue weighted by Crippen LogP contribution is -2.29. The van der Waals surface area contributed by atoms with Gasteiger partial charge in [-0.05, 0) is 24.6 Å². The number of hydrogen-bond donors (Lipinski definition) is 2. The lowest BCUT2D eigenvalue weighted by molar-refractivity contribution is 0.373. The molecule has 0 spiro atoms. The monoisotopic (exact) mass is 298 g/mol. The molecule has 3 N–H and O–H groups in total. The Labute approximate surface area is 124 Å². The number of halogens is 1. The number of nitrogens with zero attached hydrogens (tertiary/aromatic N) is 2. The van der Waals surface area contributed by atoms with Crippen LogP contribution in [0.3, 0.4) is 0 Å². The van der Waals surface area contributed by atoms with Crippen molar-refractivity contribution >= 4 is 0 Å². The standard InChI is InChI=1S/C15H11FN4O2/c1-7-19-14(21)12-11(8-2-4-9(16)5-3-8)10(6-17)13(18)22-15(12)20-7/h2-5,11H,18H2,1H3,(H,19,20,21)/t11-/m0/s1. The first-order valence-corrected chi connectivity index (χ1v) is 6.45. The number of aromatic amines is 1. The van der Waals surface area contributed by atoms with Gasteiger partial charge >= 0.3 is 0 Å². The summed E-state index contributed by atoms with van der Waals surface area (Å²) in [7, 11) is 0. The summed E-state index contributed by atoms with van der Waals surface area (Å²) in [5, 5.41) is 9.34. The van der Waals surface area contributed by atoms with Crippen molar-refractivity contribution in [1.82, 2.24) is 9.97 Å². The van der Waals surface area contributed by atoms with Crippen molar-refractivity contribution in [3.63, 3.8) is 0 Å². The lowest BCUT2D eigenvalue weighted by Gasteiger charge is -2.24. The van der Waals surface area contributed by atoms with Crippen molar-refractivity contribution in [3.05, 3.63) is 68.8 Å². The first kappa shape index (κ1) is 13.8. The van der Waals surface area contributed by atoms with E-state index in [9.17, 15) is 14.4 Å². The highest BCUT2D eigenvalue weighted by Gasteiger charge is 2.34. The van der Waals surface area contributed by atoms with E-state index >= 15 is 0 Å². The SMILES string of the molecule is Cc1nc2c(c(=O)[nH]1)[C@@H](c1ccc(F)cc1)C(C#N)=C(N)O2. The van der Waals surface area contributed by atoms with E-state index in [1.807, 2.05) is 6.07 Å². The normalized spacial score (nSPS) is 16.7. The number of hydrogen-bond acceptors (Lipinski definition) is 5. The van der Waals surface area contributed by atoms with Crippen LogP contribution in [0, 0.1) is 24.1 Å². The molecule has 6 nitrogen and oxygen atoms in total. The van der Waals surface area contributed by atoms with Gasteiger partial charge in [-0.25, -0.2) is 4.39 Å². The molecule has 1 aromatic heterocycles. The first-order chi connectivity index (χ1) is 10.5. The zero-order chi connectivity index (χ0) is 15.9. The van der Waals surface area contributed by atoms with E-state index in [0.29, 0.717) is 11.4 Å². The summed E-state index contributed by atoms with van der Waals surface area (Å²) < 4.78 is 18.4. The Kier molecular flexibility index (Phi) is 3.14. The molecule has 1 aliphatic rings. The number of fused-ring (bicyclic) bond motifs is 1. The molecule has 110 valence electrons. The third-order valence-electron chi connectivity index (χ3n) is 3.41. The molecule has 2 aromatic rings. The van der Waals surface area contributed by atoms with Gasteiger partial charge in [-0.3, -0.25) is 4.79 Å². The molecule has 1 aromatic carbocycles. The number of nitrogens with two attached hydrogens (primary N) is 1. The Balaban J connectivity index is 2.29. The number of ether oxygens (including phenoxy) is 1. The lowest BCUT2D eigenvalue weighted by atomic mass is 9.85. The number of rotatable bonds is 1. The molecule has 2 heterocycles. The number of aryl methyl sites for hydroxylation is 1. The van der Waals surface area contributed by atoms with Gasteiger partial charge in [0.2, 0.25) is 11.8 Å². The fourth-order valence-corrected chi connectivity index (χ4v) is 2.46. The summed E-state index contributed by atoms with van der Waals surface area (Å²) in [4.78, 5) is 19.0. The minimum Gasteiger partial charge on any atom is -0.422 e. The maximum Gasteiger partial charge on any atom is 0.258 e. The van der Waals surface area contributed by atoms with Crippen molar-refractivity contribution in [2.24, 2.45) is 5.73 Å². The fourth-order valence-electron chi connectivity index (χ4n) is 2.46. The molecule has 0 unspecified atom stereocenters. The molecular weight excluding hydrogens is 287 g/mol. The van der Waals surface area contributed by atoms with Crippen LogP contribution in [-0.4, -0.2) is 9.97 Å². The van der Waals surface area contributed by atoms with Gasteiger partial charge in [0.1, 0.15) is 23.3 Å². The molecule has 0 fully saturated rings. The quantitative estimate of drug-likeness (QED) is 0.828. The molecule has 3 rings (SSSR count). The average molecular weight is 298 g/mol. The number of benzene rings is 1. The molecule has 7 heteroatoms. The number of nitriles is 1. The Morgan fingerprint density at radius 2 is 2.09 bits per heavy atom. The Bertz CT molecular complexity index is 878. The summed E-state index contributed by atoms with van der Waals surface area (Å²) in [6, 6.07) is 7.46. The van der Waals surface area contributed by atoms with E-state index in [4.69, 9.17) is 10.5 Å². The second-order valence-electron chi connectivity index (χ2n) is 4.85. The minimum atomic E-state index is -0.744. The number of H-pyrrole nitrogens is 1. The molecule has 0 radical (unpaired) electrons. The van der Waals surface area contributed by atoms with Crippen LogP contribution < -0.4 is 16.0 Å². The summed E-state index contributed by atoms with van der Waals surface area (Å²) in [5.74, 6) is -0.836. The van der Waals surface area contributed by atoms with Crippen LogP contribution in [0.15, 0.2) is 40.5 Å². The van der Waals surface area contributed by atoms with E-state index in [1.165, 1.54) is 24.3 Å². The van der Waals surface area contributed by atoms with Crippen molar-refractivity contribution in [1.29, 1.82) is 5.26 Å². The molecule has 0 aliphatic carbocycles. The minimum absolute atomic E-state index is 0.0621. The van der Waals surface area contributed by atoms with Gasteiger partial charge in [-0.2, -0.15) is 10.2 Å². The summed E-state index contributed by atoms with van der Waals surface area (Å²) in [5.41, 5.74) is 6.18. The second-order valence-corrected chi connectivity index (χ2v) is 4.85. The largest absolute Gasteiger partial charge is 0.422 e. The smallest absolute Gasteiger partial charge is 0.258 e. The molecule has 1 atom stereocenters. The zero-order valence-corrected chi connectivity index (χ0v) is 11.6. The van der Waals surface area contributed by atoms with Gasteiger partial charge in [-0.1, -0.05) is 12.1 Å². The van der Waals surface area contributed by atoms with E-state index < -0.39 is 17.3 Å². The van der Waals surface area contributed by atoms with Crippen LogP contribution in [0.2, 0.25) is 0 Å². The predicted molar refractivity (Wildman–Crippen MR) is 75.3 cm³/mol. The molecule has 0 amide bonds. The molecule has 0 saturated carbocycles. The average Bonchev–Trinajstić information content (AvgIpc) is 2.46. The van der Waals surface area contributed by atoms with Crippen LogP contribution in [0.25, 0.3) is 0 Å². The van der Waals surface area contributed by atoms with E-state index in [2.05, 4.69) is 9.97 Å². The zero-order valence-electron chi connectivity index (χ0n) is 11.6. The van der Waals surface area contributed by atoms with E-state index in [1.54, 1.807) is 6.92 Å². The highest BCUT2D eigenvalue weighted by atomic mass is 19.1. The van der Waals surface area contributed by atoms with Gasteiger partial charge < -0.3 is 15.5 Å². The van der Waals surface area contributed by atoms with Gasteiger partial charge in [0.25, 0.3) is 5.56 Å². The fraction of sp³-hybridized carbons (Fsp3) is 0.133. The maximum atomic E-state index is 13.1. The molecule has 0 bridgehead atoms. The summed E-state index contributed by atoms with van der Waals surface area (Å²) >= 11 is 0. The van der Waals surface area contributed by atoms with Gasteiger partial charge in [-0.15, -0.1) is 0 Å². The van der Waals surface area contributed by atoms with Gasteiger partial charge in [0, 0.05) is 0 Å². The molecule has 0 saturated heterocycles. The summed E-state index contributed by atoms with van der Waals surface area (Å²) in [6.45, 7) is 1.61. The third-order valence-corrected chi connectivity index (χ3v) is 3.41. The number of allylic oxidation sites excluding steroid dienone is 1. The highest BCUT2D eigenvalue weighted by Crippen LogP contribution is 2.38. The Morgan fingerprint density at radius 1 is 1.41 bits per heavy atom. The van der Waals surface area contributed by atoms with Crippen molar-refractivity contribution in [2.75, 3.05) is 0 Å². The van der Waals surface area contributed by atoms with Crippen LogP contribution in [0.5, 0.6) is 5.88 Å². The van der Waals surface area contributed by atoms with Gasteiger partial charge in [0.05, 0.1) is 11.5 Å². The number of nitrogens with one attached hydrogen (secondary N) is 1. The maximum absolute atomic E-state index is 13.1. The van der Waals surface area contributed by atoms with E-state index in [0.717, 1.165) is 0 Å². The molecule has 22 heavy (non-hydrogen) atoms. The third kappa shape index (κ3) is 2.11. The Morgan fingerprint density at radius 3 is 2.73 bits per heavy atom. The van der Waals surface area contributed by atoms with Crippen molar-refractivity contribution in [3.8, 4) is 11.9 Å². The second kappa shape index (κ2) is 5.00. The molecular formula is C15H11FN4O2. The van der Waals surface area contributed by atoms with Crippen molar-refractivity contribution in [2.45, 2.75) is 12.8 Å².